The van der Waals surface area contributed by atoms with Crippen molar-refractivity contribution < 1.29 is 19.3 Å². The van der Waals surface area contributed by atoms with Gasteiger partial charge in [0.1, 0.15) is 5.75 Å². The van der Waals surface area contributed by atoms with Crippen molar-refractivity contribution in [1.29, 1.82) is 0 Å². The highest BCUT2D eigenvalue weighted by molar-refractivity contribution is 6.27. The van der Waals surface area contributed by atoms with E-state index in [1.807, 2.05) is 6.07 Å². The van der Waals surface area contributed by atoms with Crippen LogP contribution in [-0.2, 0) is 6.42 Å². The standard InChI is InChI=1S/C18H17NO4/c1-21-16-11-6-7-19-15-12-8-9(20)4-5-10(12)14(13(11)15)17(22-2)18(16)23-3/h4-5,8,20H,6-7H2,1-3H3. The van der Waals surface area contributed by atoms with Crippen molar-refractivity contribution in [2.24, 2.45) is 4.99 Å². The summed E-state index contributed by atoms with van der Waals surface area (Å²) in [4.78, 5) is 4.68. The molecule has 0 aromatic heterocycles. The number of methoxy groups -OCH3 is 3. The van der Waals surface area contributed by atoms with E-state index in [-0.39, 0.29) is 5.75 Å². The van der Waals surface area contributed by atoms with Crippen molar-refractivity contribution in [3.63, 3.8) is 0 Å². The fourth-order valence-corrected chi connectivity index (χ4v) is 3.61. The fraction of sp³-hybridized carbons (Fsp3) is 0.278. The zero-order chi connectivity index (χ0) is 16.1. The summed E-state index contributed by atoms with van der Waals surface area (Å²) in [6, 6.07) is 5.33. The molecule has 118 valence electrons. The number of hydrogen-bond donors (Lipinski definition) is 1. The molecule has 1 N–H and O–H groups in total. The molecule has 0 atom stereocenters. The summed E-state index contributed by atoms with van der Waals surface area (Å²) in [7, 11) is 4.88. The van der Waals surface area contributed by atoms with Crippen LogP contribution >= 0.6 is 0 Å². The van der Waals surface area contributed by atoms with Gasteiger partial charge in [-0.2, -0.15) is 0 Å². The number of benzene rings is 2. The maximum Gasteiger partial charge on any atom is 0.204 e. The molecule has 2 aromatic carbocycles. The Hall–Kier alpha value is -2.69. The Bertz CT molecular complexity index is 855. The van der Waals surface area contributed by atoms with Crippen LogP contribution in [0.5, 0.6) is 23.0 Å². The van der Waals surface area contributed by atoms with Gasteiger partial charge in [-0.25, -0.2) is 0 Å². The van der Waals surface area contributed by atoms with Crippen LogP contribution in [0.3, 0.4) is 0 Å². The quantitative estimate of drug-likeness (QED) is 0.808. The van der Waals surface area contributed by atoms with Gasteiger partial charge in [0, 0.05) is 28.8 Å². The van der Waals surface area contributed by atoms with Crippen LogP contribution in [0.1, 0.15) is 16.7 Å². The van der Waals surface area contributed by atoms with Gasteiger partial charge in [-0.3, -0.25) is 4.99 Å². The van der Waals surface area contributed by atoms with Crippen molar-refractivity contribution in [1.82, 2.24) is 0 Å². The van der Waals surface area contributed by atoms with Crippen LogP contribution in [0.4, 0.5) is 0 Å². The van der Waals surface area contributed by atoms with Gasteiger partial charge in [-0.1, -0.05) is 0 Å². The Kier molecular flexibility index (Phi) is 2.98. The van der Waals surface area contributed by atoms with Crippen molar-refractivity contribution in [3.05, 3.63) is 34.9 Å². The number of aliphatic imine (C=N–C) groups is 1. The summed E-state index contributed by atoms with van der Waals surface area (Å²) in [6.45, 7) is 0.683. The molecule has 1 aliphatic heterocycles. The number of ether oxygens (including phenoxy) is 3. The number of fused-ring (bicyclic) bond motifs is 3. The molecule has 0 radical (unpaired) electrons. The monoisotopic (exact) mass is 311 g/mol. The van der Waals surface area contributed by atoms with Crippen molar-refractivity contribution >= 4 is 5.71 Å². The molecule has 4 rings (SSSR count). The molecule has 0 saturated heterocycles. The highest BCUT2D eigenvalue weighted by Gasteiger charge is 2.37. The topological polar surface area (TPSA) is 60.3 Å². The minimum Gasteiger partial charge on any atom is -0.508 e. The first-order valence-corrected chi connectivity index (χ1v) is 7.44. The molecule has 0 unspecified atom stereocenters. The largest absolute Gasteiger partial charge is 0.508 e. The highest BCUT2D eigenvalue weighted by atomic mass is 16.5. The number of nitrogens with zero attached hydrogens (tertiary/aromatic N) is 1. The van der Waals surface area contributed by atoms with E-state index < -0.39 is 0 Å². The zero-order valence-electron chi connectivity index (χ0n) is 13.3. The SMILES string of the molecule is COc1c2c3c(c(OC)c1OC)-c1ccc(O)cc1C3=NCC2. The third-order valence-electron chi connectivity index (χ3n) is 4.47. The molecule has 0 amide bonds. The molecule has 1 aliphatic carbocycles. The van der Waals surface area contributed by atoms with E-state index in [2.05, 4.69) is 4.99 Å². The summed E-state index contributed by atoms with van der Waals surface area (Å²) >= 11 is 0. The second-order valence-corrected chi connectivity index (χ2v) is 5.54. The molecule has 2 aromatic rings. The predicted molar refractivity (Wildman–Crippen MR) is 87.4 cm³/mol. The van der Waals surface area contributed by atoms with E-state index in [1.165, 1.54) is 0 Å². The first-order chi connectivity index (χ1) is 11.2. The summed E-state index contributed by atoms with van der Waals surface area (Å²) in [5, 5.41) is 9.87. The summed E-state index contributed by atoms with van der Waals surface area (Å²) in [5.41, 5.74) is 5.90. The van der Waals surface area contributed by atoms with Gasteiger partial charge in [0.25, 0.3) is 0 Å². The first-order valence-electron chi connectivity index (χ1n) is 7.44. The van der Waals surface area contributed by atoms with Gasteiger partial charge in [0.05, 0.1) is 27.0 Å². The van der Waals surface area contributed by atoms with Gasteiger partial charge >= 0.3 is 0 Å². The lowest BCUT2D eigenvalue weighted by atomic mass is 9.93. The Balaban J connectivity index is 2.17. The zero-order valence-corrected chi connectivity index (χ0v) is 13.3. The first kappa shape index (κ1) is 13.9. The Morgan fingerprint density at radius 2 is 1.65 bits per heavy atom. The lowest BCUT2D eigenvalue weighted by molar-refractivity contribution is 0.323. The lowest BCUT2D eigenvalue weighted by Crippen LogP contribution is -2.13. The van der Waals surface area contributed by atoms with Gasteiger partial charge in [-0.15, -0.1) is 0 Å². The van der Waals surface area contributed by atoms with E-state index in [0.717, 1.165) is 39.9 Å². The van der Waals surface area contributed by atoms with Crippen LogP contribution in [0.25, 0.3) is 11.1 Å². The number of hydrogen-bond acceptors (Lipinski definition) is 5. The fourth-order valence-electron chi connectivity index (χ4n) is 3.61. The Labute approximate surface area is 134 Å². The van der Waals surface area contributed by atoms with Crippen molar-refractivity contribution in [2.45, 2.75) is 6.42 Å². The molecule has 5 heteroatoms. The average molecular weight is 311 g/mol. The van der Waals surface area contributed by atoms with Crippen LogP contribution in [-0.4, -0.2) is 38.7 Å². The molecule has 0 fully saturated rings. The van der Waals surface area contributed by atoms with Gasteiger partial charge in [0.15, 0.2) is 11.5 Å². The van der Waals surface area contributed by atoms with Crippen LogP contribution in [0.15, 0.2) is 23.2 Å². The maximum absolute atomic E-state index is 9.87. The third-order valence-corrected chi connectivity index (χ3v) is 4.47. The maximum atomic E-state index is 9.87. The van der Waals surface area contributed by atoms with Crippen LogP contribution in [0, 0.1) is 0 Å². The molecule has 0 bridgehead atoms. The molecule has 5 nitrogen and oxygen atoms in total. The second-order valence-electron chi connectivity index (χ2n) is 5.54. The smallest absolute Gasteiger partial charge is 0.204 e. The van der Waals surface area contributed by atoms with E-state index >= 15 is 0 Å². The predicted octanol–water partition coefficient (Wildman–Crippen LogP) is 2.79. The molecule has 23 heavy (non-hydrogen) atoms. The van der Waals surface area contributed by atoms with E-state index in [9.17, 15) is 5.11 Å². The molecular formula is C18H17NO4. The van der Waals surface area contributed by atoms with Crippen LogP contribution < -0.4 is 14.2 Å². The second kappa shape index (κ2) is 4.91. The van der Waals surface area contributed by atoms with E-state index in [4.69, 9.17) is 14.2 Å². The number of rotatable bonds is 3. The summed E-state index contributed by atoms with van der Waals surface area (Å²) in [6.07, 6.45) is 0.787. The number of phenols is 1. The molecule has 0 saturated carbocycles. The van der Waals surface area contributed by atoms with Gasteiger partial charge in [0.2, 0.25) is 5.75 Å². The summed E-state index contributed by atoms with van der Waals surface area (Å²) in [5.74, 6) is 2.17. The van der Waals surface area contributed by atoms with Crippen LogP contribution in [0.2, 0.25) is 0 Å². The van der Waals surface area contributed by atoms with Crippen molar-refractivity contribution in [3.8, 4) is 34.1 Å². The Morgan fingerprint density at radius 1 is 0.913 bits per heavy atom. The van der Waals surface area contributed by atoms with Gasteiger partial charge < -0.3 is 19.3 Å². The molecular weight excluding hydrogens is 294 g/mol. The minimum atomic E-state index is 0.226. The average Bonchev–Trinajstić information content (AvgIpc) is 2.90. The minimum absolute atomic E-state index is 0.226. The molecule has 2 aliphatic rings. The number of phenolic OH excluding ortho intramolecular Hbond substituents is 1. The third kappa shape index (κ3) is 1.70. The van der Waals surface area contributed by atoms with E-state index in [1.54, 1.807) is 33.5 Å². The number of aromatic hydroxyl groups is 1. The normalized spacial score (nSPS) is 14.0. The highest BCUT2D eigenvalue weighted by Crippen LogP contribution is 2.55. The van der Waals surface area contributed by atoms with Gasteiger partial charge in [-0.05, 0) is 30.2 Å². The molecule has 1 heterocycles. The lowest BCUT2D eigenvalue weighted by Gasteiger charge is -2.22. The Morgan fingerprint density at radius 3 is 2.35 bits per heavy atom. The van der Waals surface area contributed by atoms with Crippen molar-refractivity contribution in [2.75, 3.05) is 27.9 Å². The van der Waals surface area contributed by atoms with E-state index in [0.29, 0.717) is 23.8 Å². The summed E-state index contributed by atoms with van der Waals surface area (Å²) < 4.78 is 16.9. The molecule has 0 spiro atoms.